The normalized spacial score (nSPS) is 10.8. The average Bonchev–Trinajstić information content (AvgIpc) is 3.29. The summed E-state index contributed by atoms with van der Waals surface area (Å²) in [6.45, 7) is 1.27. The number of nitro groups is 1. The minimum atomic E-state index is -0.580. The van der Waals surface area contributed by atoms with Crippen LogP contribution in [0, 0.1) is 10.1 Å². The molecule has 1 amide bonds. The van der Waals surface area contributed by atoms with Gasteiger partial charge in [-0.15, -0.1) is 0 Å². The lowest BCUT2D eigenvalue weighted by molar-refractivity contribution is -0.384. The first kappa shape index (κ1) is 25.9. The van der Waals surface area contributed by atoms with Gasteiger partial charge in [-0.05, 0) is 42.8 Å². The second kappa shape index (κ2) is 11.7. The van der Waals surface area contributed by atoms with Crippen molar-refractivity contribution in [3.8, 4) is 11.1 Å². The minimum Gasteiger partial charge on any atom is -0.378 e. The third-order valence-electron chi connectivity index (χ3n) is 5.54. The molecule has 0 bridgehead atoms. The molecule has 10 nitrogen and oxygen atoms in total. The molecule has 1 aromatic carbocycles. The van der Waals surface area contributed by atoms with Crippen molar-refractivity contribution in [1.29, 1.82) is 0 Å². The van der Waals surface area contributed by atoms with Crippen molar-refractivity contribution in [3.63, 3.8) is 0 Å². The maximum Gasteiger partial charge on any atom is 0.311 e. The van der Waals surface area contributed by atoms with E-state index in [-0.39, 0.29) is 24.0 Å². The number of hydrogen-bond donors (Lipinski definition) is 3. The van der Waals surface area contributed by atoms with E-state index in [4.69, 9.17) is 28.9 Å². The molecule has 190 valence electrons. The Kier molecular flexibility index (Phi) is 8.22. The van der Waals surface area contributed by atoms with E-state index in [0.717, 1.165) is 5.69 Å². The summed E-state index contributed by atoms with van der Waals surface area (Å²) in [5, 5.41) is 17.9. The van der Waals surface area contributed by atoms with E-state index in [1.807, 2.05) is 35.0 Å². The Labute approximate surface area is 222 Å². The van der Waals surface area contributed by atoms with Gasteiger partial charge in [-0.25, -0.2) is 4.98 Å². The first-order chi connectivity index (χ1) is 17.8. The second-order valence-electron chi connectivity index (χ2n) is 8.04. The highest BCUT2D eigenvalue weighted by Gasteiger charge is 2.20. The van der Waals surface area contributed by atoms with Crippen LogP contribution in [-0.4, -0.2) is 31.9 Å². The minimum absolute atomic E-state index is 0.156. The Hall–Kier alpha value is -4.15. The van der Waals surface area contributed by atoms with Crippen LogP contribution in [0.1, 0.15) is 22.6 Å². The molecule has 0 fully saturated rings. The summed E-state index contributed by atoms with van der Waals surface area (Å²) in [4.78, 5) is 31.9. The molecule has 0 aliphatic carbocycles. The number of carbonyl (C=O) groups is 1. The third-order valence-corrected chi connectivity index (χ3v) is 6.08. The number of hydrogen-bond acceptors (Lipinski definition) is 7. The first-order valence-electron chi connectivity index (χ1n) is 11.3. The number of aromatic nitrogens is 3. The lowest BCUT2D eigenvalue weighted by Crippen LogP contribution is -2.26. The Morgan fingerprint density at radius 1 is 1.11 bits per heavy atom. The molecule has 4 N–H and O–H groups in total. The summed E-state index contributed by atoms with van der Waals surface area (Å²) >= 11 is 12.5. The average molecular weight is 540 g/mol. The predicted octanol–water partition coefficient (Wildman–Crippen LogP) is 5.17. The Balaban J connectivity index is 1.50. The van der Waals surface area contributed by atoms with Gasteiger partial charge >= 0.3 is 5.69 Å². The molecule has 12 heteroatoms. The smallest absolute Gasteiger partial charge is 0.311 e. The van der Waals surface area contributed by atoms with E-state index < -0.39 is 4.92 Å². The molecule has 0 atom stereocenters. The number of carbonyl (C=O) groups excluding carboxylic acids is 1. The predicted molar refractivity (Wildman–Crippen MR) is 144 cm³/mol. The number of anilines is 2. The molecule has 0 aliphatic rings. The zero-order valence-electron chi connectivity index (χ0n) is 19.5. The van der Waals surface area contributed by atoms with Crippen molar-refractivity contribution in [2.24, 2.45) is 0 Å². The van der Waals surface area contributed by atoms with Crippen LogP contribution in [0.5, 0.6) is 0 Å². The number of nitrogens with zero attached hydrogens (tertiary/aromatic N) is 4. The lowest BCUT2D eigenvalue weighted by Gasteiger charge is -2.13. The molecule has 0 saturated heterocycles. The van der Waals surface area contributed by atoms with Crippen LogP contribution in [0.2, 0.25) is 10.0 Å². The van der Waals surface area contributed by atoms with Crippen LogP contribution < -0.4 is 16.4 Å². The topological polar surface area (TPSA) is 141 Å². The highest BCUT2D eigenvalue weighted by atomic mass is 35.5. The van der Waals surface area contributed by atoms with Crippen molar-refractivity contribution in [2.45, 2.75) is 19.5 Å². The zero-order chi connectivity index (χ0) is 26.4. The molecule has 0 saturated carbocycles. The summed E-state index contributed by atoms with van der Waals surface area (Å²) in [6.07, 6.45) is 4.13. The van der Waals surface area contributed by atoms with Gasteiger partial charge in [0.15, 0.2) is 0 Å². The second-order valence-corrected chi connectivity index (χ2v) is 8.88. The van der Waals surface area contributed by atoms with Gasteiger partial charge < -0.3 is 20.9 Å². The van der Waals surface area contributed by atoms with Crippen molar-refractivity contribution in [3.05, 3.63) is 98.5 Å². The van der Waals surface area contributed by atoms with Crippen LogP contribution >= 0.6 is 23.2 Å². The summed E-state index contributed by atoms with van der Waals surface area (Å²) in [6, 6.07) is 15.3. The molecule has 0 unspecified atom stereocenters. The highest BCUT2D eigenvalue weighted by Crippen LogP contribution is 2.33. The number of benzene rings is 1. The van der Waals surface area contributed by atoms with Gasteiger partial charge in [-0.1, -0.05) is 35.3 Å². The van der Waals surface area contributed by atoms with Gasteiger partial charge in [0.2, 0.25) is 5.82 Å². The molecule has 4 rings (SSSR count). The SMILES string of the molecule is Nc1nc(NCCCn2ccc(-c3ccc(Cl)cc3Cl)c2C(=O)NCc2ccccn2)ccc1[N+](=O)[O-]. The van der Waals surface area contributed by atoms with Crippen LogP contribution in [0.3, 0.4) is 0 Å². The summed E-state index contributed by atoms with van der Waals surface area (Å²) in [5.74, 6) is 0.00349. The van der Waals surface area contributed by atoms with E-state index in [9.17, 15) is 14.9 Å². The molecule has 0 spiro atoms. The number of rotatable bonds is 10. The molecule has 0 radical (unpaired) electrons. The number of halogens is 2. The van der Waals surface area contributed by atoms with Gasteiger partial charge in [0.25, 0.3) is 5.91 Å². The number of pyridine rings is 2. The fourth-order valence-electron chi connectivity index (χ4n) is 3.78. The van der Waals surface area contributed by atoms with Gasteiger partial charge in [-0.3, -0.25) is 19.9 Å². The number of amides is 1. The number of aryl methyl sites for hydroxylation is 1. The Bertz CT molecular complexity index is 1430. The molecule has 4 aromatic rings. The van der Waals surface area contributed by atoms with Crippen LogP contribution in [0.4, 0.5) is 17.3 Å². The maximum absolute atomic E-state index is 13.3. The quantitative estimate of drug-likeness (QED) is 0.143. The lowest BCUT2D eigenvalue weighted by atomic mass is 10.1. The highest BCUT2D eigenvalue weighted by molar-refractivity contribution is 6.36. The van der Waals surface area contributed by atoms with Crippen LogP contribution in [0.15, 0.2) is 67.0 Å². The molecule has 0 aliphatic heterocycles. The third kappa shape index (κ3) is 6.35. The summed E-state index contributed by atoms with van der Waals surface area (Å²) in [7, 11) is 0. The van der Waals surface area contributed by atoms with Crippen molar-refractivity contribution >= 4 is 46.4 Å². The van der Waals surface area contributed by atoms with Gasteiger partial charge in [-0.2, -0.15) is 0 Å². The molecule has 3 aromatic heterocycles. The monoisotopic (exact) mass is 539 g/mol. The van der Waals surface area contributed by atoms with E-state index >= 15 is 0 Å². The molecular formula is C25H23Cl2N7O3. The fraction of sp³-hybridized carbons (Fsp3) is 0.160. The van der Waals surface area contributed by atoms with Gasteiger partial charge in [0.1, 0.15) is 11.5 Å². The van der Waals surface area contributed by atoms with Crippen molar-refractivity contribution < 1.29 is 9.72 Å². The Morgan fingerprint density at radius 2 is 1.95 bits per heavy atom. The fourth-order valence-corrected chi connectivity index (χ4v) is 4.29. The number of nitrogens with one attached hydrogen (secondary N) is 2. The van der Waals surface area contributed by atoms with E-state index in [0.29, 0.717) is 52.2 Å². The van der Waals surface area contributed by atoms with Gasteiger partial charge in [0, 0.05) is 52.7 Å². The largest absolute Gasteiger partial charge is 0.378 e. The maximum atomic E-state index is 13.3. The van der Waals surface area contributed by atoms with E-state index in [1.165, 1.54) is 12.1 Å². The van der Waals surface area contributed by atoms with Crippen LogP contribution in [0.25, 0.3) is 11.1 Å². The van der Waals surface area contributed by atoms with Gasteiger partial charge in [0.05, 0.1) is 17.2 Å². The van der Waals surface area contributed by atoms with E-state index in [2.05, 4.69) is 20.6 Å². The number of nitrogen functional groups attached to an aromatic ring is 1. The molecule has 3 heterocycles. The summed E-state index contributed by atoms with van der Waals surface area (Å²) < 4.78 is 1.85. The molecular weight excluding hydrogens is 517 g/mol. The Morgan fingerprint density at radius 3 is 2.65 bits per heavy atom. The zero-order valence-corrected chi connectivity index (χ0v) is 21.0. The molecule has 37 heavy (non-hydrogen) atoms. The number of nitrogens with two attached hydrogens (primary N) is 1. The van der Waals surface area contributed by atoms with Crippen molar-refractivity contribution in [1.82, 2.24) is 19.9 Å². The standard InChI is InChI=1S/C25H23Cl2N7O3/c26-16-5-6-18(20(27)14-16)19-9-13-33(23(19)25(35)31-15-17-4-1-2-10-29-17)12-3-11-30-22-8-7-21(34(36)37)24(28)32-22/h1-2,4-10,13-14H,3,11-12,15H2,(H,31,35)(H3,28,30,32). The first-order valence-corrected chi connectivity index (χ1v) is 12.1. The van der Waals surface area contributed by atoms with Crippen molar-refractivity contribution in [2.75, 3.05) is 17.6 Å². The summed E-state index contributed by atoms with van der Waals surface area (Å²) in [5.41, 5.74) is 7.97. The van der Waals surface area contributed by atoms with Crippen LogP contribution in [-0.2, 0) is 13.1 Å². The van der Waals surface area contributed by atoms with E-state index in [1.54, 1.807) is 24.4 Å².